The summed E-state index contributed by atoms with van der Waals surface area (Å²) in [6.45, 7) is 10.0. The van der Waals surface area contributed by atoms with Crippen LogP contribution in [0.25, 0.3) is 11.0 Å². The highest BCUT2D eigenvalue weighted by molar-refractivity contribution is 5.91. The molecule has 0 bridgehead atoms. The summed E-state index contributed by atoms with van der Waals surface area (Å²) in [5.41, 5.74) is 3.42. The van der Waals surface area contributed by atoms with Crippen LogP contribution in [0.4, 0.5) is 0 Å². The fraction of sp³-hybridized carbons (Fsp3) is 0.357. The molecule has 1 atom stereocenters. The Balaban J connectivity index is 1.37. The van der Waals surface area contributed by atoms with Crippen molar-refractivity contribution < 1.29 is 13.9 Å². The van der Waals surface area contributed by atoms with Crippen molar-refractivity contribution in [2.75, 3.05) is 6.61 Å². The Labute approximate surface area is 200 Å². The number of imidazole rings is 1. The van der Waals surface area contributed by atoms with Crippen LogP contribution in [0.5, 0.6) is 5.75 Å². The highest BCUT2D eigenvalue weighted by Gasteiger charge is 2.20. The fourth-order valence-electron chi connectivity index (χ4n) is 4.01. The van der Waals surface area contributed by atoms with E-state index in [1.165, 1.54) is 11.8 Å². The molecule has 2 aromatic heterocycles. The number of hydrogen-bond donors (Lipinski definition) is 1. The second-order valence-electron chi connectivity index (χ2n) is 9.61. The summed E-state index contributed by atoms with van der Waals surface area (Å²) in [7, 11) is 0. The molecular weight excluding hydrogens is 426 g/mol. The molecule has 6 nitrogen and oxygen atoms in total. The van der Waals surface area contributed by atoms with Crippen molar-refractivity contribution in [3.05, 3.63) is 84.1 Å². The Morgan fingerprint density at radius 3 is 2.53 bits per heavy atom. The van der Waals surface area contributed by atoms with E-state index in [4.69, 9.17) is 14.1 Å². The number of para-hydroxylation sites is 2. The second kappa shape index (κ2) is 10.2. The number of nitrogens with one attached hydrogen (secondary N) is 1. The van der Waals surface area contributed by atoms with Gasteiger partial charge in [-0.2, -0.15) is 0 Å². The average Bonchev–Trinajstić information content (AvgIpc) is 3.47. The van der Waals surface area contributed by atoms with Gasteiger partial charge in [0.15, 0.2) is 5.76 Å². The minimum Gasteiger partial charge on any atom is -0.494 e. The number of furan rings is 1. The molecule has 0 radical (unpaired) electrons. The van der Waals surface area contributed by atoms with Gasteiger partial charge in [0.05, 0.1) is 29.9 Å². The van der Waals surface area contributed by atoms with Gasteiger partial charge in [-0.1, -0.05) is 45.0 Å². The van der Waals surface area contributed by atoms with Gasteiger partial charge in [-0.15, -0.1) is 0 Å². The Hall–Kier alpha value is -3.54. The zero-order valence-corrected chi connectivity index (χ0v) is 20.4. The second-order valence-corrected chi connectivity index (χ2v) is 9.61. The first-order valence-electron chi connectivity index (χ1n) is 11.9. The third-order valence-electron chi connectivity index (χ3n) is 5.93. The molecule has 1 amide bonds. The average molecular weight is 460 g/mol. The largest absolute Gasteiger partial charge is 0.494 e. The van der Waals surface area contributed by atoms with Gasteiger partial charge in [0, 0.05) is 6.54 Å². The monoisotopic (exact) mass is 459 g/mol. The lowest BCUT2D eigenvalue weighted by molar-refractivity contribution is 0.0909. The maximum absolute atomic E-state index is 12.5. The van der Waals surface area contributed by atoms with E-state index < -0.39 is 0 Å². The van der Waals surface area contributed by atoms with Crippen molar-refractivity contribution >= 4 is 16.9 Å². The summed E-state index contributed by atoms with van der Waals surface area (Å²) >= 11 is 0. The third kappa shape index (κ3) is 5.50. The van der Waals surface area contributed by atoms with E-state index in [2.05, 4.69) is 48.9 Å². The number of aryl methyl sites for hydroxylation is 1. The molecule has 1 unspecified atom stereocenters. The molecule has 0 aliphatic heterocycles. The molecule has 34 heavy (non-hydrogen) atoms. The normalized spacial score (nSPS) is 12.6. The topological polar surface area (TPSA) is 69.3 Å². The summed E-state index contributed by atoms with van der Waals surface area (Å²) in [6.07, 6.45) is 3.35. The summed E-state index contributed by atoms with van der Waals surface area (Å²) < 4.78 is 13.4. The summed E-state index contributed by atoms with van der Waals surface area (Å²) in [4.78, 5) is 17.3. The predicted octanol–water partition coefficient (Wildman–Crippen LogP) is 6.28. The van der Waals surface area contributed by atoms with Crippen molar-refractivity contribution in [1.29, 1.82) is 0 Å². The number of unbranched alkanes of at least 4 members (excludes halogenated alkanes) is 1. The molecule has 0 saturated carbocycles. The van der Waals surface area contributed by atoms with Gasteiger partial charge in [0.1, 0.15) is 11.6 Å². The number of benzene rings is 2. The van der Waals surface area contributed by atoms with Gasteiger partial charge in [0.2, 0.25) is 0 Å². The lowest BCUT2D eigenvalue weighted by Crippen LogP contribution is -2.28. The number of fused-ring (bicyclic) bond motifs is 1. The highest BCUT2D eigenvalue weighted by atomic mass is 16.5. The lowest BCUT2D eigenvalue weighted by atomic mass is 9.87. The smallest absolute Gasteiger partial charge is 0.287 e. The maximum Gasteiger partial charge on any atom is 0.287 e. The minimum absolute atomic E-state index is 0.137. The zero-order valence-electron chi connectivity index (χ0n) is 20.4. The Kier molecular flexibility index (Phi) is 7.06. The van der Waals surface area contributed by atoms with Gasteiger partial charge < -0.3 is 19.0 Å². The summed E-state index contributed by atoms with van der Waals surface area (Å²) in [6, 6.07) is 19.5. The quantitative estimate of drug-likeness (QED) is 0.299. The van der Waals surface area contributed by atoms with Crippen molar-refractivity contribution in [3.8, 4) is 5.75 Å². The van der Waals surface area contributed by atoms with Crippen LogP contribution >= 0.6 is 0 Å². The Morgan fingerprint density at radius 1 is 1.06 bits per heavy atom. The molecule has 0 spiro atoms. The molecule has 0 aliphatic carbocycles. The van der Waals surface area contributed by atoms with Crippen LogP contribution < -0.4 is 10.1 Å². The van der Waals surface area contributed by atoms with Crippen LogP contribution in [-0.2, 0) is 12.0 Å². The van der Waals surface area contributed by atoms with Crippen molar-refractivity contribution in [2.24, 2.45) is 0 Å². The summed E-state index contributed by atoms with van der Waals surface area (Å²) in [5, 5.41) is 3.00. The Morgan fingerprint density at radius 2 is 1.82 bits per heavy atom. The van der Waals surface area contributed by atoms with E-state index in [-0.39, 0.29) is 17.4 Å². The predicted molar refractivity (Wildman–Crippen MR) is 134 cm³/mol. The maximum atomic E-state index is 12.5. The number of carbonyl (C=O) groups is 1. The fourth-order valence-corrected chi connectivity index (χ4v) is 4.01. The van der Waals surface area contributed by atoms with Gasteiger partial charge in [-0.3, -0.25) is 4.79 Å². The van der Waals surface area contributed by atoms with E-state index in [0.29, 0.717) is 12.4 Å². The molecule has 0 saturated heterocycles. The van der Waals surface area contributed by atoms with Gasteiger partial charge in [0.25, 0.3) is 5.91 Å². The van der Waals surface area contributed by atoms with Crippen LogP contribution in [0.1, 0.15) is 68.5 Å². The van der Waals surface area contributed by atoms with Crippen molar-refractivity contribution in [3.63, 3.8) is 0 Å². The molecule has 1 N–H and O–H groups in total. The summed E-state index contributed by atoms with van der Waals surface area (Å²) in [5.74, 6) is 1.78. The molecule has 2 heterocycles. The SMILES string of the molecule is CC(NC(=O)c1ccco1)c1nc2ccccc2n1CCCCOc1ccc(C(C)(C)C)cc1. The molecular formula is C28H33N3O3. The first kappa shape index (κ1) is 23.6. The van der Waals surface area contributed by atoms with Crippen molar-refractivity contribution in [1.82, 2.24) is 14.9 Å². The molecule has 6 heteroatoms. The van der Waals surface area contributed by atoms with E-state index in [0.717, 1.165) is 42.0 Å². The van der Waals surface area contributed by atoms with E-state index in [1.54, 1.807) is 12.1 Å². The van der Waals surface area contributed by atoms with E-state index in [9.17, 15) is 4.79 Å². The third-order valence-corrected chi connectivity index (χ3v) is 5.93. The van der Waals surface area contributed by atoms with Gasteiger partial charge >= 0.3 is 0 Å². The number of ether oxygens (including phenoxy) is 1. The number of rotatable bonds is 9. The molecule has 0 fully saturated rings. The molecule has 4 rings (SSSR count). The van der Waals surface area contributed by atoms with Crippen LogP contribution in [0.2, 0.25) is 0 Å². The molecule has 178 valence electrons. The standard InChI is InChI=1S/C28H33N3O3/c1-20(29-27(32)25-12-9-19-34-25)26-30-23-10-5-6-11-24(23)31(26)17-7-8-18-33-22-15-13-21(14-16-22)28(2,3)4/h5-6,9-16,19-20H,7-8,17-18H2,1-4H3,(H,29,32). The minimum atomic E-state index is -0.261. The molecule has 2 aromatic carbocycles. The number of carbonyl (C=O) groups excluding carboxylic acids is 1. The van der Waals surface area contributed by atoms with Crippen LogP contribution in [0.3, 0.4) is 0 Å². The number of nitrogens with zero attached hydrogens (tertiary/aromatic N) is 2. The van der Waals surface area contributed by atoms with E-state index in [1.807, 2.05) is 37.3 Å². The van der Waals surface area contributed by atoms with Gasteiger partial charge in [-0.25, -0.2) is 4.98 Å². The van der Waals surface area contributed by atoms with Crippen LogP contribution in [0.15, 0.2) is 71.3 Å². The number of amides is 1. The number of aromatic nitrogens is 2. The van der Waals surface area contributed by atoms with Gasteiger partial charge in [-0.05, 0) is 67.1 Å². The van der Waals surface area contributed by atoms with Crippen LogP contribution in [-0.4, -0.2) is 22.1 Å². The van der Waals surface area contributed by atoms with E-state index >= 15 is 0 Å². The van der Waals surface area contributed by atoms with Crippen molar-refractivity contribution in [2.45, 2.75) is 58.5 Å². The first-order valence-corrected chi connectivity index (χ1v) is 11.9. The molecule has 0 aliphatic rings. The first-order chi connectivity index (χ1) is 16.3. The van der Waals surface area contributed by atoms with Crippen LogP contribution in [0, 0.1) is 0 Å². The highest BCUT2D eigenvalue weighted by Crippen LogP contribution is 2.25. The zero-order chi connectivity index (χ0) is 24.1. The molecule has 4 aromatic rings. The number of hydrogen-bond acceptors (Lipinski definition) is 4. The Bertz CT molecular complexity index is 1220. The lowest BCUT2D eigenvalue weighted by Gasteiger charge is -2.19.